The summed E-state index contributed by atoms with van der Waals surface area (Å²) in [4.78, 5) is 31.7. The number of aromatic amines is 2. The second-order valence-corrected chi connectivity index (χ2v) is 6.64. The second kappa shape index (κ2) is 5.43. The predicted octanol–water partition coefficient (Wildman–Crippen LogP) is 2.62. The van der Waals surface area contributed by atoms with Crippen LogP contribution < -0.4 is 11.2 Å². The van der Waals surface area contributed by atoms with E-state index in [2.05, 4.69) is 15.0 Å². The van der Waals surface area contributed by atoms with Crippen molar-refractivity contribution in [3.8, 4) is 0 Å². The fraction of sp³-hybridized carbons (Fsp3) is 0.0833. The first-order chi connectivity index (χ1) is 9.61. The van der Waals surface area contributed by atoms with Crippen LogP contribution in [0.1, 0.15) is 5.56 Å². The highest BCUT2D eigenvalue weighted by molar-refractivity contribution is 8.00. The van der Waals surface area contributed by atoms with E-state index in [1.54, 1.807) is 0 Å². The Labute approximate surface area is 126 Å². The summed E-state index contributed by atoms with van der Waals surface area (Å²) in [5.41, 5.74) is 0.505. The Bertz CT molecular complexity index is 867. The fourth-order valence-electron chi connectivity index (χ4n) is 1.63. The molecular weight excluding hydrogens is 318 g/mol. The summed E-state index contributed by atoms with van der Waals surface area (Å²) in [7, 11) is 0. The van der Waals surface area contributed by atoms with Crippen molar-refractivity contribution in [2.75, 3.05) is 0 Å². The lowest BCUT2D eigenvalue weighted by molar-refractivity contribution is 1.06. The van der Waals surface area contributed by atoms with Crippen LogP contribution in [0.2, 0.25) is 5.02 Å². The number of hydrogen-bond donors (Lipinski definition) is 2. The number of thiazole rings is 1. The molecule has 0 aliphatic heterocycles. The predicted molar refractivity (Wildman–Crippen MR) is 81.9 cm³/mol. The summed E-state index contributed by atoms with van der Waals surface area (Å²) in [6, 6.07) is 7.55. The van der Waals surface area contributed by atoms with E-state index >= 15 is 0 Å². The average Bonchev–Trinajstić information content (AvgIpc) is 2.81. The first kappa shape index (κ1) is 13.4. The molecule has 0 spiro atoms. The number of rotatable bonds is 3. The molecule has 0 saturated carbocycles. The Balaban J connectivity index is 1.84. The van der Waals surface area contributed by atoms with Gasteiger partial charge in [-0.3, -0.25) is 14.8 Å². The summed E-state index contributed by atoms with van der Waals surface area (Å²) >= 11 is 8.60. The van der Waals surface area contributed by atoms with Crippen molar-refractivity contribution in [3.63, 3.8) is 0 Å². The minimum absolute atomic E-state index is 0.336. The largest absolute Gasteiger partial charge is 0.327 e. The van der Waals surface area contributed by atoms with Crippen molar-refractivity contribution in [3.05, 3.63) is 55.7 Å². The lowest BCUT2D eigenvalue weighted by Gasteiger charge is -1.98. The van der Waals surface area contributed by atoms with Gasteiger partial charge in [0.2, 0.25) is 0 Å². The standard InChI is InChI=1S/C12H8ClN3O2S2/c13-7-3-1-6(2-4-7)5-19-12-15-9-8(20-12)10(17)16-11(18)14-9/h1-4H,5H2,(H2,14,16,17,18). The van der Waals surface area contributed by atoms with E-state index in [4.69, 9.17) is 11.6 Å². The number of aromatic nitrogens is 3. The molecule has 2 aromatic heterocycles. The van der Waals surface area contributed by atoms with Crippen LogP contribution >= 0.6 is 34.7 Å². The van der Waals surface area contributed by atoms with Crippen LogP contribution in [0.15, 0.2) is 38.2 Å². The number of hydrogen-bond acceptors (Lipinski definition) is 5. The summed E-state index contributed by atoms with van der Waals surface area (Å²) in [6.45, 7) is 0. The summed E-state index contributed by atoms with van der Waals surface area (Å²) in [5, 5.41) is 0.697. The molecule has 3 aromatic rings. The molecule has 0 radical (unpaired) electrons. The average molecular weight is 326 g/mol. The van der Waals surface area contributed by atoms with Gasteiger partial charge in [0.05, 0.1) is 0 Å². The van der Waals surface area contributed by atoms with Gasteiger partial charge >= 0.3 is 5.69 Å². The highest BCUT2D eigenvalue weighted by Gasteiger charge is 2.09. The number of H-pyrrole nitrogens is 2. The molecule has 0 saturated heterocycles. The molecule has 0 aliphatic rings. The molecule has 0 aliphatic carbocycles. The minimum atomic E-state index is -0.540. The molecule has 0 bridgehead atoms. The first-order valence-electron chi connectivity index (χ1n) is 5.62. The van der Waals surface area contributed by atoms with Crippen LogP contribution in [-0.2, 0) is 5.75 Å². The monoisotopic (exact) mass is 325 g/mol. The van der Waals surface area contributed by atoms with Gasteiger partial charge in [-0.1, -0.05) is 35.5 Å². The zero-order valence-corrected chi connectivity index (χ0v) is 12.4. The van der Waals surface area contributed by atoms with Gasteiger partial charge in [-0.05, 0) is 17.7 Å². The molecule has 1 aromatic carbocycles. The van der Waals surface area contributed by atoms with Gasteiger partial charge in [0.15, 0.2) is 9.99 Å². The maximum Gasteiger partial charge on any atom is 0.327 e. The van der Waals surface area contributed by atoms with Gasteiger partial charge in [-0.15, -0.1) is 11.3 Å². The Morgan fingerprint density at radius 2 is 1.95 bits per heavy atom. The highest BCUT2D eigenvalue weighted by Crippen LogP contribution is 2.28. The summed E-state index contributed by atoms with van der Waals surface area (Å²) in [6.07, 6.45) is 0. The number of fused-ring (bicyclic) bond motifs is 1. The zero-order valence-electron chi connectivity index (χ0n) is 9.97. The second-order valence-electron chi connectivity index (χ2n) is 3.98. The summed E-state index contributed by atoms with van der Waals surface area (Å²) < 4.78 is 1.17. The molecule has 0 fully saturated rings. The van der Waals surface area contributed by atoms with Crippen LogP contribution in [0.5, 0.6) is 0 Å². The summed E-state index contributed by atoms with van der Waals surface area (Å²) in [5.74, 6) is 0.721. The molecule has 2 heterocycles. The van der Waals surface area contributed by atoms with Crippen molar-refractivity contribution in [2.45, 2.75) is 10.1 Å². The van der Waals surface area contributed by atoms with Gasteiger partial charge in [0.1, 0.15) is 4.70 Å². The SMILES string of the molecule is O=c1[nH]c(=O)c2sc(SCc3ccc(Cl)cc3)nc2[nH]1. The maximum atomic E-state index is 11.6. The number of thioether (sulfide) groups is 1. The number of nitrogens with zero attached hydrogens (tertiary/aromatic N) is 1. The Morgan fingerprint density at radius 3 is 2.70 bits per heavy atom. The van der Waals surface area contributed by atoms with Gasteiger partial charge < -0.3 is 0 Å². The fourth-order valence-corrected chi connectivity index (χ4v) is 3.70. The maximum absolute atomic E-state index is 11.6. The third-order valence-electron chi connectivity index (χ3n) is 2.55. The normalized spacial score (nSPS) is 11.1. The van der Waals surface area contributed by atoms with Gasteiger partial charge in [-0.2, -0.15) is 0 Å². The van der Waals surface area contributed by atoms with Gasteiger partial charge in [-0.25, -0.2) is 9.78 Å². The molecule has 2 N–H and O–H groups in total. The number of nitrogens with one attached hydrogen (secondary N) is 2. The van der Waals surface area contributed by atoms with E-state index < -0.39 is 11.2 Å². The molecule has 0 amide bonds. The van der Waals surface area contributed by atoms with Crippen molar-refractivity contribution >= 4 is 45.0 Å². The molecular formula is C12H8ClN3O2S2. The highest BCUT2D eigenvalue weighted by atomic mass is 35.5. The molecule has 20 heavy (non-hydrogen) atoms. The van der Waals surface area contributed by atoms with E-state index in [1.165, 1.54) is 23.1 Å². The van der Waals surface area contributed by atoms with Crippen molar-refractivity contribution in [1.82, 2.24) is 15.0 Å². The van der Waals surface area contributed by atoms with Gasteiger partial charge in [0, 0.05) is 10.8 Å². The minimum Gasteiger partial charge on any atom is -0.291 e. The lowest BCUT2D eigenvalue weighted by Crippen LogP contribution is -2.20. The molecule has 8 heteroatoms. The number of halogens is 1. The number of benzene rings is 1. The molecule has 5 nitrogen and oxygen atoms in total. The van der Waals surface area contributed by atoms with E-state index in [0.29, 0.717) is 15.4 Å². The van der Waals surface area contributed by atoms with Gasteiger partial charge in [0.25, 0.3) is 5.56 Å². The van der Waals surface area contributed by atoms with Crippen LogP contribution in [-0.4, -0.2) is 15.0 Å². The van der Waals surface area contributed by atoms with Crippen LogP contribution in [0.3, 0.4) is 0 Å². The third kappa shape index (κ3) is 2.79. The smallest absolute Gasteiger partial charge is 0.291 e. The van der Waals surface area contributed by atoms with Crippen molar-refractivity contribution in [2.24, 2.45) is 0 Å². The molecule has 0 atom stereocenters. The topological polar surface area (TPSA) is 78.6 Å². The Morgan fingerprint density at radius 1 is 1.20 bits per heavy atom. The zero-order chi connectivity index (χ0) is 14.1. The van der Waals surface area contributed by atoms with E-state index in [0.717, 1.165) is 15.7 Å². The van der Waals surface area contributed by atoms with Crippen molar-refractivity contribution in [1.29, 1.82) is 0 Å². The third-order valence-corrected chi connectivity index (χ3v) is 5.07. The Hall–Kier alpha value is -1.57. The lowest BCUT2D eigenvalue weighted by atomic mass is 10.2. The van der Waals surface area contributed by atoms with Crippen molar-refractivity contribution < 1.29 is 0 Å². The van der Waals surface area contributed by atoms with Crippen LogP contribution in [0.4, 0.5) is 0 Å². The molecule has 0 unspecified atom stereocenters. The van der Waals surface area contributed by atoms with E-state index in [1.807, 2.05) is 24.3 Å². The Kier molecular flexibility index (Phi) is 3.64. The van der Waals surface area contributed by atoms with E-state index in [-0.39, 0.29) is 0 Å². The quantitative estimate of drug-likeness (QED) is 0.726. The van der Waals surface area contributed by atoms with E-state index in [9.17, 15) is 9.59 Å². The molecule has 3 rings (SSSR count). The molecule has 102 valence electrons. The first-order valence-corrected chi connectivity index (χ1v) is 7.80. The van der Waals surface area contributed by atoms with Crippen LogP contribution in [0.25, 0.3) is 10.3 Å². The van der Waals surface area contributed by atoms with Crippen LogP contribution in [0, 0.1) is 0 Å².